The average Bonchev–Trinajstić information content (AvgIpc) is 3.32. The second-order valence-corrected chi connectivity index (χ2v) is 9.91. The highest BCUT2D eigenvalue weighted by molar-refractivity contribution is 5.89. The molecular weight excluding hydrogens is 472 g/mol. The van der Waals surface area contributed by atoms with Crippen LogP contribution in [0.2, 0.25) is 0 Å². The first-order valence-corrected chi connectivity index (χ1v) is 13.1. The van der Waals surface area contributed by atoms with Gasteiger partial charge in [-0.3, -0.25) is 4.98 Å². The average molecular weight is 497 g/mol. The first kappa shape index (κ1) is 22.9. The molecule has 1 aliphatic carbocycles. The number of hydrogen-bond donors (Lipinski definition) is 0. The lowest BCUT2D eigenvalue weighted by molar-refractivity contribution is 0.768. The molecule has 1 aromatic heterocycles. The van der Waals surface area contributed by atoms with Gasteiger partial charge in [-0.1, -0.05) is 115 Å². The van der Waals surface area contributed by atoms with Crippen molar-refractivity contribution in [3.05, 3.63) is 174 Å². The molecule has 0 saturated heterocycles. The molecule has 0 fully saturated rings. The summed E-state index contributed by atoms with van der Waals surface area (Å²) in [6.07, 6.45) is 1.69. The summed E-state index contributed by atoms with van der Waals surface area (Å²) in [6.45, 7) is 0. The summed E-state index contributed by atoms with van der Waals surface area (Å²) >= 11 is 0. The zero-order valence-corrected chi connectivity index (χ0v) is 21.3. The van der Waals surface area contributed by atoms with Gasteiger partial charge in [0, 0.05) is 11.8 Å². The number of nitriles is 1. The summed E-state index contributed by atoms with van der Waals surface area (Å²) < 4.78 is 0. The van der Waals surface area contributed by atoms with Gasteiger partial charge in [0.05, 0.1) is 22.7 Å². The molecule has 1 heterocycles. The van der Waals surface area contributed by atoms with E-state index < -0.39 is 5.41 Å². The fourth-order valence-electron chi connectivity index (χ4n) is 6.14. The molecule has 2 nitrogen and oxygen atoms in total. The normalized spacial score (nSPS) is 12.8. The minimum absolute atomic E-state index is 0.392. The lowest BCUT2D eigenvalue weighted by atomic mass is 9.67. The van der Waals surface area contributed by atoms with Crippen molar-refractivity contribution in [1.29, 1.82) is 5.26 Å². The van der Waals surface area contributed by atoms with Gasteiger partial charge in [0.25, 0.3) is 0 Å². The van der Waals surface area contributed by atoms with Crippen LogP contribution in [-0.4, -0.2) is 4.98 Å². The minimum Gasteiger partial charge on any atom is -0.256 e. The van der Waals surface area contributed by atoms with Gasteiger partial charge in [-0.25, -0.2) is 0 Å². The highest BCUT2D eigenvalue weighted by Crippen LogP contribution is 2.56. The molecule has 0 spiro atoms. The Morgan fingerprint density at radius 3 is 1.90 bits per heavy atom. The van der Waals surface area contributed by atoms with Crippen LogP contribution >= 0.6 is 0 Å². The van der Waals surface area contributed by atoms with Gasteiger partial charge in [-0.05, 0) is 68.8 Å². The number of nitrogens with zero attached hydrogens (tertiary/aromatic N) is 2. The lowest BCUT2D eigenvalue weighted by Gasteiger charge is -2.33. The zero-order chi connectivity index (χ0) is 26.2. The van der Waals surface area contributed by atoms with E-state index in [1.807, 2.05) is 12.1 Å². The van der Waals surface area contributed by atoms with E-state index in [-0.39, 0.29) is 0 Å². The lowest BCUT2D eigenvalue weighted by Crippen LogP contribution is -2.28. The van der Waals surface area contributed by atoms with Crippen LogP contribution in [-0.2, 0) is 5.41 Å². The predicted molar refractivity (Wildman–Crippen MR) is 157 cm³/mol. The van der Waals surface area contributed by atoms with Gasteiger partial charge in [-0.15, -0.1) is 0 Å². The molecule has 1 aliphatic rings. The number of rotatable bonds is 4. The molecule has 0 N–H and O–H groups in total. The Labute approximate surface area is 228 Å². The zero-order valence-electron chi connectivity index (χ0n) is 21.3. The SMILES string of the molecule is N#Cc1ccnc(-c2cccc(-c3ccc4c(c3)-c3ccccc3C4(c3ccccc3)c3ccccc3)c2)c1. The van der Waals surface area contributed by atoms with Gasteiger partial charge >= 0.3 is 0 Å². The summed E-state index contributed by atoms with van der Waals surface area (Å²) in [6, 6.07) is 51.6. The van der Waals surface area contributed by atoms with Gasteiger partial charge in [0.15, 0.2) is 0 Å². The van der Waals surface area contributed by atoms with Crippen molar-refractivity contribution >= 4 is 0 Å². The Morgan fingerprint density at radius 1 is 0.513 bits per heavy atom. The molecule has 0 bridgehead atoms. The first-order chi connectivity index (χ1) is 19.3. The van der Waals surface area contributed by atoms with Crippen LogP contribution in [0.3, 0.4) is 0 Å². The third-order valence-corrected chi connectivity index (χ3v) is 7.84. The molecule has 6 aromatic rings. The molecule has 0 unspecified atom stereocenters. The molecule has 182 valence electrons. The van der Waals surface area contributed by atoms with Crippen molar-refractivity contribution < 1.29 is 0 Å². The number of fused-ring (bicyclic) bond motifs is 3. The van der Waals surface area contributed by atoms with Gasteiger partial charge in [0.2, 0.25) is 0 Å². The molecule has 0 amide bonds. The van der Waals surface area contributed by atoms with E-state index in [0.717, 1.165) is 22.4 Å². The predicted octanol–water partition coefficient (Wildman–Crippen LogP) is 8.65. The van der Waals surface area contributed by atoms with E-state index in [0.29, 0.717) is 5.56 Å². The number of hydrogen-bond acceptors (Lipinski definition) is 2. The van der Waals surface area contributed by atoms with Crippen LogP contribution < -0.4 is 0 Å². The van der Waals surface area contributed by atoms with Crippen molar-refractivity contribution in [2.24, 2.45) is 0 Å². The third-order valence-electron chi connectivity index (χ3n) is 7.84. The molecule has 7 rings (SSSR count). The summed E-state index contributed by atoms with van der Waals surface area (Å²) in [5.74, 6) is 0. The largest absolute Gasteiger partial charge is 0.256 e. The number of pyridine rings is 1. The standard InChI is InChI=1S/C37H24N2/c38-25-26-20-21-39-36(22-26)29-11-9-10-27(23-29)28-18-19-35-33(24-28)32-16-7-8-17-34(32)37(35,30-12-3-1-4-13-30)31-14-5-2-6-15-31/h1-24H. The van der Waals surface area contributed by atoms with Crippen LogP contribution in [0.25, 0.3) is 33.5 Å². The second-order valence-electron chi connectivity index (χ2n) is 9.91. The molecule has 0 saturated carbocycles. The molecule has 5 aromatic carbocycles. The van der Waals surface area contributed by atoms with Crippen LogP contribution in [0, 0.1) is 11.3 Å². The van der Waals surface area contributed by atoms with E-state index >= 15 is 0 Å². The monoisotopic (exact) mass is 496 g/mol. The Balaban J connectivity index is 1.44. The van der Waals surface area contributed by atoms with Crippen LogP contribution in [0.4, 0.5) is 0 Å². The van der Waals surface area contributed by atoms with Gasteiger partial charge in [0.1, 0.15) is 0 Å². The maximum absolute atomic E-state index is 9.34. The highest BCUT2D eigenvalue weighted by Gasteiger charge is 2.45. The molecule has 0 aliphatic heterocycles. The van der Waals surface area contributed by atoms with E-state index in [1.54, 1.807) is 12.3 Å². The Morgan fingerprint density at radius 2 is 1.15 bits per heavy atom. The third kappa shape index (κ3) is 3.60. The second kappa shape index (κ2) is 9.24. The van der Waals surface area contributed by atoms with Crippen LogP contribution in [0.5, 0.6) is 0 Å². The number of aromatic nitrogens is 1. The summed E-state index contributed by atoms with van der Waals surface area (Å²) in [5, 5.41) is 9.34. The maximum atomic E-state index is 9.34. The van der Waals surface area contributed by atoms with Crippen LogP contribution in [0.15, 0.2) is 146 Å². The van der Waals surface area contributed by atoms with Gasteiger partial charge in [-0.2, -0.15) is 5.26 Å². The molecule has 2 heteroatoms. The number of benzene rings is 5. The molecule has 39 heavy (non-hydrogen) atoms. The highest BCUT2D eigenvalue weighted by atomic mass is 14.7. The minimum atomic E-state index is -0.392. The fourth-order valence-corrected chi connectivity index (χ4v) is 6.14. The van der Waals surface area contributed by atoms with E-state index in [2.05, 4.69) is 132 Å². The summed E-state index contributed by atoms with van der Waals surface area (Å²) in [4.78, 5) is 4.52. The Bertz CT molecular complexity index is 1820. The van der Waals surface area contributed by atoms with Crippen molar-refractivity contribution in [3.63, 3.8) is 0 Å². The van der Waals surface area contributed by atoms with Crippen molar-refractivity contribution in [2.75, 3.05) is 0 Å². The fraction of sp³-hybridized carbons (Fsp3) is 0.0270. The summed E-state index contributed by atoms with van der Waals surface area (Å²) in [5.41, 5.74) is 11.9. The maximum Gasteiger partial charge on any atom is 0.0992 e. The van der Waals surface area contributed by atoms with E-state index in [9.17, 15) is 5.26 Å². The van der Waals surface area contributed by atoms with Crippen LogP contribution in [0.1, 0.15) is 27.8 Å². The molecule has 0 atom stereocenters. The first-order valence-electron chi connectivity index (χ1n) is 13.1. The topological polar surface area (TPSA) is 36.7 Å². The Hall–Kier alpha value is -5.26. The smallest absolute Gasteiger partial charge is 0.0992 e. The Kier molecular flexibility index (Phi) is 5.43. The van der Waals surface area contributed by atoms with E-state index in [1.165, 1.54) is 33.4 Å². The van der Waals surface area contributed by atoms with E-state index in [4.69, 9.17) is 0 Å². The molecular formula is C37H24N2. The van der Waals surface area contributed by atoms with Gasteiger partial charge < -0.3 is 0 Å². The van der Waals surface area contributed by atoms with Crippen molar-refractivity contribution in [3.8, 4) is 39.6 Å². The summed E-state index contributed by atoms with van der Waals surface area (Å²) in [7, 11) is 0. The quantitative estimate of drug-likeness (QED) is 0.244. The van der Waals surface area contributed by atoms with Crippen molar-refractivity contribution in [1.82, 2.24) is 4.98 Å². The van der Waals surface area contributed by atoms with Crippen molar-refractivity contribution in [2.45, 2.75) is 5.41 Å². The molecule has 0 radical (unpaired) electrons.